The van der Waals surface area contributed by atoms with Gasteiger partial charge in [-0.15, -0.1) is 0 Å². The second kappa shape index (κ2) is 9.94. The van der Waals surface area contributed by atoms with E-state index in [1.807, 2.05) is 60.5 Å². The Bertz CT molecular complexity index is 1390. The van der Waals surface area contributed by atoms with Crippen LogP contribution in [0, 0.1) is 0 Å². The molecule has 0 unspecified atom stereocenters. The zero-order chi connectivity index (χ0) is 24.3. The van der Waals surface area contributed by atoms with Crippen LogP contribution in [-0.2, 0) is 34.7 Å². The molecule has 4 aromatic rings. The minimum absolute atomic E-state index is 0.0550. The number of aryl methyl sites for hydroxylation is 2. The van der Waals surface area contributed by atoms with Crippen LogP contribution < -0.4 is 5.32 Å². The third-order valence-corrected chi connectivity index (χ3v) is 8.03. The predicted octanol–water partition coefficient (Wildman–Crippen LogP) is 2.54. The third-order valence-electron chi connectivity index (χ3n) is 5.98. The molecule has 0 aliphatic rings. The van der Waals surface area contributed by atoms with E-state index in [0.29, 0.717) is 44.4 Å². The number of nitrogens with one attached hydrogen (secondary N) is 1. The van der Waals surface area contributed by atoms with E-state index in [4.69, 9.17) is 0 Å². The van der Waals surface area contributed by atoms with Crippen LogP contribution >= 0.6 is 0 Å². The van der Waals surface area contributed by atoms with Crippen molar-refractivity contribution in [1.82, 2.24) is 28.6 Å². The Hall–Kier alpha value is -3.24. The molecule has 0 bridgehead atoms. The first-order valence-electron chi connectivity index (χ1n) is 11.5. The van der Waals surface area contributed by atoms with Gasteiger partial charge < -0.3 is 14.3 Å². The highest BCUT2D eigenvalue weighted by molar-refractivity contribution is 7.89. The zero-order valence-corrected chi connectivity index (χ0v) is 20.5. The lowest BCUT2D eigenvalue weighted by atomic mass is 10.2. The van der Waals surface area contributed by atoms with E-state index in [9.17, 15) is 13.2 Å². The van der Waals surface area contributed by atoms with Gasteiger partial charge in [-0.05, 0) is 30.3 Å². The molecule has 1 amide bonds. The molecule has 0 atom stereocenters. The lowest BCUT2D eigenvalue weighted by molar-refractivity contribution is -0.121. The van der Waals surface area contributed by atoms with Crippen molar-refractivity contribution in [3.8, 4) is 0 Å². The molecule has 0 radical (unpaired) electrons. The van der Waals surface area contributed by atoms with Crippen LogP contribution in [0.25, 0.3) is 16.7 Å². The molecule has 0 saturated carbocycles. The SMILES string of the molecule is CCN(CC)S(=O)(=O)c1ccc2c(c1)nc(CCC(=O)NCCc1cn3ccccc3n1)n2C. The fourth-order valence-electron chi connectivity index (χ4n) is 4.08. The summed E-state index contributed by atoms with van der Waals surface area (Å²) in [5.41, 5.74) is 3.26. The highest BCUT2D eigenvalue weighted by Crippen LogP contribution is 2.22. The first-order valence-corrected chi connectivity index (χ1v) is 12.9. The molecule has 0 aliphatic heterocycles. The molecule has 3 heterocycles. The van der Waals surface area contributed by atoms with Gasteiger partial charge in [-0.1, -0.05) is 19.9 Å². The van der Waals surface area contributed by atoms with Crippen LogP contribution in [-0.4, -0.2) is 57.2 Å². The summed E-state index contributed by atoms with van der Waals surface area (Å²) in [5.74, 6) is 0.684. The second-order valence-corrected chi connectivity index (χ2v) is 10.1. The lowest BCUT2D eigenvalue weighted by Crippen LogP contribution is -2.30. The molecule has 0 spiro atoms. The summed E-state index contributed by atoms with van der Waals surface area (Å²) < 4.78 is 31.0. The maximum absolute atomic E-state index is 12.8. The molecular weight excluding hydrogens is 452 g/mol. The van der Waals surface area contributed by atoms with Gasteiger partial charge in [0, 0.05) is 58.3 Å². The number of imidazole rings is 2. The van der Waals surface area contributed by atoms with Crippen molar-refractivity contribution in [1.29, 1.82) is 0 Å². The molecule has 1 aromatic carbocycles. The first kappa shape index (κ1) is 23.9. The number of aromatic nitrogens is 4. The number of pyridine rings is 1. The van der Waals surface area contributed by atoms with E-state index in [0.717, 1.165) is 22.7 Å². The van der Waals surface area contributed by atoms with Crippen molar-refractivity contribution in [3.63, 3.8) is 0 Å². The maximum Gasteiger partial charge on any atom is 0.243 e. The van der Waals surface area contributed by atoms with E-state index in [-0.39, 0.29) is 10.8 Å². The number of nitrogens with zero attached hydrogens (tertiary/aromatic N) is 5. The number of sulfonamides is 1. The first-order chi connectivity index (χ1) is 16.3. The van der Waals surface area contributed by atoms with Crippen LogP contribution in [0.2, 0.25) is 0 Å². The van der Waals surface area contributed by atoms with Crippen molar-refractivity contribution < 1.29 is 13.2 Å². The topological polar surface area (TPSA) is 102 Å². The lowest BCUT2D eigenvalue weighted by Gasteiger charge is -2.18. The molecule has 0 fully saturated rings. The second-order valence-electron chi connectivity index (χ2n) is 8.13. The summed E-state index contributed by atoms with van der Waals surface area (Å²) >= 11 is 0. The van der Waals surface area contributed by atoms with E-state index < -0.39 is 10.0 Å². The number of hydrogen-bond donors (Lipinski definition) is 1. The van der Waals surface area contributed by atoms with E-state index in [1.165, 1.54) is 4.31 Å². The number of carbonyl (C=O) groups is 1. The van der Waals surface area contributed by atoms with Gasteiger partial charge in [0.2, 0.25) is 15.9 Å². The molecule has 0 saturated heterocycles. The average molecular weight is 483 g/mol. The standard InChI is InChI=1S/C24H30N6O3S/c1-4-30(5-2)34(32,33)19-9-10-21-20(16-19)27-22(28(21)3)11-12-24(31)25-14-13-18-17-29-15-7-6-8-23(29)26-18/h6-10,15-17H,4-5,11-14H2,1-3H3,(H,25,31). The number of fused-ring (bicyclic) bond motifs is 2. The molecular formula is C24H30N6O3S. The summed E-state index contributed by atoms with van der Waals surface area (Å²) in [5, 5.41) is 2.94. The quantitative estimate of drug-likeness (QED) is 0.374. The van der Waals surface area contributed by atoms with Gasteiger partial charge in [0.05, 0.1) is 21.6 Å². The molecule has 0 aliphatic carbocycles. The van der Waals surface area contributed by atoms with Crippen molar-refractivity contribution in [2.24, 2.45) is 7.05 Å². The minimum Gasteiger partial charge on any atom is -0.356 e. The molecule has 10 heteroatoms. The molecule has 9 nitrogen and oxygen atoms in total. The van der Waals surface area contributed by atoms with Gasteiger partial charge in [0.1, 0.15) is 11.5 Å². The molecule has 180 valence electrons. The fourth-order valence-corrected chi connectivity index (χ4v) is 5.56. The van der Waals surface area contributed by atoms with Crippen molar-refractivity contribution in [2.45, 2.75) is 38.0 Å². The number of hydrogen-bond acceptors (Lipinski definition) is 5. The van der Waals surface area contributed by atoms with E-state index in [2.05, 4.69) is 15.3 Å². The Morgan fingerprint density at radius 2 is 1.88 bits per heavy atom. The van der Waals surface area contributed by atoms with Gasteiger partial charge in [-0.3, -0.25) is 4.79 Å². The Morgan fingerprint density at radius 1 is 1.09 bits per heavy atom. The summed E-state index contributed by atoms with van der Waals surface area (Å²) in [4.78, 5) is 21.8. The van der Waals surface area contributed by atoms with Crippen molar-refractivity contribution >= 4 is 32.6 Å². The maximum atomic E-state index is 12.8. The summed E-state index contributed by atoms with van der Waals surface area (Å²) in [6, 6.07) is 10.8. The van der Waals surface area contributed by atoms with Gasteiger partial charge in [0.25, 0.3) is 0 Å². The van der Waals surface area contributed by atoms with Crippen molar-refractivity contribution in [2.75, 3.05) is 19.6 Å². The smallest absolute Gasteiger partial charge is 0.243 e. The van der Waals surface area contributed by atoms with Crippen LogP contribution in [0.5, 0.6) is 0 Å². The Morgan fingerprint density at radius 3 is 2.62 bits per heavy atom. The van der Waals surface area contributed by atoms with Gasteiger partial charge in [0.15, 0.2) is 0 Å². The Kier molecular flexibility index (Phi) is 6.99. The normalized spacial score (nSPS) is 12.1. The highest BCUT2D eigenvalue weighted by atomic mass is 32.2. The van der Waals surface area contributed by atoms with Crippen LogP contribution in [0.15, 0.2) is 53.7 Å². The highest BCUT2D eigenvalue weighted by Gasteiger charge is 2.22. The van der Waals surface area contributed by atoms with Gasteiger partial charge >= 0.3 is 0 Å². The third kappa shape index (κ3) is 4.83. The molecule has 4 rings (SSSR count). The molecule has 1 N–H and O–H groups in total. The number of carbonyl (C=O) groups excluding carboxylic acids is 1. The van der Waals surface area contributed by atoms with Crippen LogP contribution in [0.1, 0.15) is 31.8 Å². The van der Waals surface area contributed by atoms with Crippen LogP contribution in [0.4, 0.5) is 0 Å². The summed E-state index contributed by atoms with van der Waals surface area (Å²) in [6.07, 6.45) is 5.33. The zero-order valence-electron chi connectivity index (χ0n) is 19.7. The summed E-state index contributed by atoms with van der Waals surface area (Å²) in [6.45, 7) is 4.98. The predicted molar refractivity (Wildman–Crippen MR) is 131 cm³/mol. The van der Waals surface area contributed by atoms with E-state index >= 15 is 0 Å². The number of benzene rings is 1. The van der Waals surface area contributed by atoms with Crippen LogP contribution in [0.3, 0.4) is 0 Å². The van der Waals surface area contributed by atoms with E-state index in [1.54, 1.807) is 18.2 Å². The minimum atomic E-state index is -3.55. The fraction of sp³-hybridized carbons (Fsp3) is 0.375. The Labute approximate surface area is 199 Å². The average Bonchev–Trinajstić information content (AvgIpc) is 3.38. The number of amides is 1. The number of rotatable bonds is 10. The largest absolute Gasteiger partial charge is 0.356 e. The summed E-state index contributed by atoms with van der Waals surface area (Å²) in [7, 11) is -1.67. The van der Waals surface area contributed by atoms with Gasteiger partial charge in [-0.2, -0.15) is 4.31 Å². The Balaban J connectivity index is 1.37. The molecule has 3 aromatic heterocycles. The van der Waals surface area contributed by atoms with Crippen molar-refractivity contribution in [3.05, 3.63) is 60.3 Å². The monoisotopic (exact) mass is 482 g/mol. The molecule has 34 heavy (non-hydrogen) atoms. The van der Waals surface area contributed by atoms with Gasteiger partial charge in [-0.25, -0.2) is 18.4 Å².